The summed E-state index contributed by atoms with van der Waals surface area (Å²) in [6.07, 6.45) is -0.351. The molecule has 0 aromatic carbocycles. The number of nitrogens with one attached hydrogen (secondary N) is 2. The molecule has 0 saturated carbocycles. The molecule has 3 atom stereocenters. The Labute approximate surface area is 136 Å². The zero-order chi connectivity index (χ0) is 18.0. The third-order valence-electron chi connectivity index (χ3n) is 2.74. The molecule has 0 aromatic heterocycles. The Bertz CT molecular complexity index is 446. The van der Waals surface area contributed by atoms with Gasteiger partial charge in [-0.15, -0.1) is 0 Å². The molecule has 0 saturated heterocycles. The summed E-state index contributed by atoms with van der Waals surface area (Å²) in [7, 11) is 0. The number of amides is 2. The number of carboxylic acids is 2. The molecule has 6 N–H and O–H groups in total. The van der Waals surface area contributed by atoms with Gasteiger partial charge in [-0.1, -0.05) is 11.2 Å². The molecule has 23 heavy (non-hydrogen) atoms. The van der Waals surface area contributed by atoms with Gasteiger partial charge in [-0.3, -0.25) is 19.2 Å². The highest BCUT2D eigenvalue weighted by Gasteiger charge is 2.26. The number of carbonyl (C=O) groups is 4. The topological polar surface area (TPSA) is 182 Å². The van der Waals surface area contributed by atoms with Gasteiger partial charge in [0.25, 0.3) is 0 Å². The van der Waals surface area contributed by atoms with Crippen LogP contribution in [-0.2, 0) is 30.4 Å². The lowest BCUT2D eigenvalue weighted by Crippen LogP contribution is -2.51. The van der Waals surface area contributed by atoms with Crippen LogP contribution in [-0.4, -0.2) is 68.7 Å². The first-order valence-electron chi connectivity index (χ1n) is 6.79. The fourth-order valence-electron chi connectivity index (χ4n) is 1.45. The highest BCUT2D eigenvalue weighted by Crippen LogP contribution is 2.00. The summed E-state index contributed by atoms with van der Waals surface area (Å²) >= 11 is -1.37. The fraction of sp³-hybridized carbons (Fsp3) is 0.667. The van der Waals surface area contributed by atoms with E-state index in [-0.39, 0.29) is 24.3 Å². The molecule has 11 heteroatoms. The van der Waals surface area contributed by atoms with Gasteiger partial charge in [0.2, 0.25) is 11.8 Å². The first kappa shape index (κ1) is 21.1. The van der Waals surface area contributed by atoms with Crippen LogP contribution < -0.4 is 16.4 Å². The van der Waals surface area contributed by atoms with Crippen molar-refractivity contribution in [2.24, 2.45) is 5.73 Å². The number of carboxylic acid groups (broad SMARTS) is 2. The van der Waals surface area contributed by atoms with Crippen LogP contribution in [0.3, 0.4) is 0 Å². The summed E-state index contributed by atoms with van der Waals surface area (Å²) in [5.74, 6) is -3.82. The van der Waals surface area contributed by atoms with Gasteiger partial charge in [0.15, 0.2) is 6.04 Å². The molecule has 0 spiro atoms. The second-order valence-corrected chi connectivity index (χ2v) is 6.40. The Hall–Kier alpha value is -1.85. The monoisotopic (exact) mass is 351 g/mol. The fourth-order valence-corrected chi connectivity index (χ4v) is 2.29. The summed E-state index contributed by atoms with van der Waals surface area (Å²) < 4.78 is 11.6. The van der Waals surface area contributed by atoms with Crippen molar-refractivity contribution in [1.29, 1.82) is 0 Å². The van der Waals surface area contributed by atoms with Crippen molar-refractivity contribution in [3.05, 3.63) is 0 Å². The largest absolute Gasteiger partial charge is 0.616 e. The van der Waals surface area contributed by atoms with Crippen molar-refractivity contribution in [2.45, 2.75) is 31.8 Å². The van der Waals surface area contributed by atoms with E-state index in [2.05, 4.69) is 10.6 Å². The van der Waals surface area contributed by atoms with Gasteiger partial charge in [-0.05, 0) is 13.3 Å². The van der Waals surface area contributed by atoms with Crippen molar-refractivity contribution < 1.29 is 33.9 Å². The summed E-state index contributed by atoms with van der Waals surface area (Å²) in [5.41, 5.74) is 5.27. The molecule has 0 bridgehead atoms. The van der Waals surface area contributed by atoms with Crippen LogP contribution in [0.2, 0.25) is 0 Å². The van der Waals surface area contributed by atoms with E-state index in [4.69, 9.17) is 15.9 Å². The number of hydrogen-bond donors (Lipinski definition) is 5. The Morgan fingerprint density at radius 1 is 1.26 bits per heavy atom. The molecule has 10 nitrogen and oxygen atoms in total. The van der Waals surface area contributed by atoms with Crippen molar-refractivity contribution in [1.82, 2.24) is 10.6 Å². The minimum Gasteiger partial charge on any atom is -0.616 e. The highest BCUT2D eigenvalue weighted by molar-refractivity contribution is 7.91. The second-order valence-electron chi connectivity index (χ2n) is 4.61. The summed E-state index contributed by atoms with van der Waals surface area (Å²) in [6, 6.07) is -2.37. The Morgan fingerprint density at radius 3 is 2.35 bits per heavy atom. The van der Waals surface area contributed by atoms with Crippen LogP contribution in [0.15, 0.2) is 0 Å². The molecule has 0 fully saturated rings. The van der Waals surface area contributed by atoms with Crippen molar-refractivity contribution in [3.8, 4) is 0 Å². The first-order chi connectivity index (χ1) is 10.7. The van der Waals surface area contributed by atoms with E-state index in [1.165, 1.54) is 0 Å². The lowest BCUT2D eigenvalue weighted by molar-refractivity contribution is -0.139. The highest BCUT2D eigenvalue weighted by atomic mass is 32.2. The van der Waals surface area contributed by atoms with Crippen molar-refractivity contribution >= 4 is 34.9 Å². The van der Waals surface area contributed by atoms with Crippen molar-refractivity contribution in [2.75, 3.05) is 18.1 Å². The van der Waals surface area contributed by atoms with Gasteiger partial charge in [0, 0.05) is 6.42 Å². The predicted octanol–water partition coefficient (Wildman–Crippen LogP) is -2.37. The Morgan fingerprint density at radius 2 is 1.87 bits per heavy atom. The van der Waals surface area contributed by atoms with Crippen LogP contribution in [0.25, 0.3) is 0 Å². The molecule has 2 unspecified atom stereocenters. The standard InChI is InChI=1S/C12H21N3O7S/c1-2-23(22)6-8(11(19)14-5-10(17)18)15-9(16)4-3-7(13)12(20)21/h7-8H,2-6,13H2,1H3,(H,14,19)(H,15,16)(H,17,18)(H,20,21)/t7?,8-,23?/m0/s1. The number of carbonyl (C=O) groups excluding carboxylic acids is 2. The number of nitrogens with two attached hydrogens (primary N) is 1. The van der Waals surface area contributed by atoms with E-state index in [1.807, 2.05) is 0 Å². The summed E-state index contributed by atoms with van der Waals surface area (Å²) in [6.45, 7) is 1.00. The maximum absolute atomic E-state index is 11.8. The maximum atomic E-state index is 11.8. The number of rotatable bonds is 11. The zero-order valence-electron chi connectivity index (χ0n) is 12.6. The maximum Gasteiger partial charge on any atom is 0.322 e. The minimum absolute atomic E-state index is 0.124. The van der Waals surface area contributed by atoms with Crippen molar-refractivity contribution in [3.63, 3.8) is 0 Å². The molecular formula is C12H21N3O7S. The molecule has 0 aromatic rings. The van der Waals surface area contributed by atoms with Crippen LogP contribution in [0.5, 0.6) is 0 Å². The van der Waals surface area contributed by atoms with E-state index < -0.39 is 53.6 Å². The zero-order valence-corrected chi connectivity index (χ0v) is 13.4. The second kappa shape index (κ2) is 10.8. The van der Waals surface area contributed by atoms with Crippen LogP contribution in [0.4, 0.5) is 0 Å². The van der Waals surface area contributed by atoms with E-state index >= 15 is 0 Å². The number of hydrogen-bond acceptors (Lipinski definition) is 6. The molecule has 0 radical (unpaired) electrons. The quantitative estimate of drug-likeness (QED) is 0.256. The average Bonchev–Trinajstić information content (AvgIpc) is 2.48. The SMILES string of the molecule is CC[S+]([O-])C[C@H](NC(=O)CCC(N)C(=O)O)C(=O)NCC(=O)O. The molecule has 0 aliphatic heterocycles. The lowest BCUT2D eigenvalue weighted by Gasteiger charge is -2.19. The predicted molar refractivity (Wildman–Crippen MR) is 81.0 cm³/mol. The van der Waals surface area contributed by atoms with Gasteiger partial charge < -0.3 is 31.1 Å². The molecule has 0 aliphatic carbocycles. The molecule has 132 valence electrons. The smallest absolute Gasteiger partial charge is 0.322 e. The lowest BCUT2D eigenvalue weighted by atomic mass is 10.1. The Balaban J connectivity index is 4.60. The van der Waals surface area contributed by atoms with Gasteiger partial charge in [-0.25, -0.2) is 0 Å². The van der Waals surface area contributed by atoms with E-state index in [1.54, 1.807) is 6.92 Å². The molecule has 0 heterocycles. The molecular weight excluding hydrogens is 330 g/mol. The molecule has 0 aliphatic rings. The third kappa shape index (κ3) is 9.71. The molecule has 2 amide bonds. The molecule has 0 rings (SSSR count). The van der Waals surface area contributed by atoms with Gasteiger partial charge in [0.05, 0.1) is 0 Å². The van der Waals surface area contributed by atoms with E-state index in [0.29, 0.717) is 0 Å². The van der Waals surface area contributed by atoms with Gasteiger partial charge in [-0.2, -0.15) is 0 Å². The van der Waals surface area contributed by atoms with Gasteiger partial charge in [0.1, 0.15) is 24.1 Å². The summed E-state index contributed by atoms with van der Waals surface area (Å²) in [4.78, 5) is 44.6. The normalized spacial score (nSPS) is 14.4. The third-order valence-corrected chi connectivity index (χ3v) is 4.09. The summed E-state index contributed by atoms with van der Waals surface area (Å²) in [5, 5.41) is 21.5. The van der Waals surface area contributed by atoms with Crippen LogP contribution >= 0.6 is 0 Å². The minimum atomic E-state index is -1.37. The van der Waals surface area contributed by atoms with E-state index in [0.717, 1.165) is 0 Å². The Kier molecular flexibility index (Phi) is 9.94. The average molecular weight is 351 g/mol. The van der Waals surface area contributed by atoms with Gasteiger partial charge >= 0.3 is 11.9 Å². The number of aliphatic carboxylic acids is 2. The first-order valence-corrected chi connectivity index (χ1v) is 8.28. The van der Waals surface area contributed by atoms with Crippen LogP contribution in [0, 0.1) is 0 Å². The van der Waals surface area contributed by atoms with E-state index in [9.17, 15) is 23.7 Å². The van der Waals surface area contributed by atoms with Crippen LogP contribution in [0.1, 0.15) is 19.8 Å².